The molecule has 2 aromatic rings. The molecule has 0 aromatic heterocycles. The maximum Gasteiger partial charge on any atom is 0.299 e. The van der Waals surface area contributed by atoms with E-state index in [9.17, 15) is 15.0 Å². The first-order valence-corrected chi connectivity index (χ1v) is 5.56. The average molecular weight is 254 g/mol. The van der Waals surface area contributed by atoms with Gasteiger partial charge in [0.25, 0.3) is 5.69 Å². The van der Waals surface area contributed by atoms with Gasteiger partial charge in [0.2, 0.25) is 0 Å². The molecule has 0 spiro atoms. The third-order valence-corrected chi connectivity index (χ3v) is 2.59. The summed E-state index contributed by atoms with van der Waals surface area (Å²) in [5.74, 6) is 0. The van der Waals surface area contributed by atoms with Crippen molar-refractivity contribution >= 4 is 23.5 Å². The van der Waals surface area contributed by atoms with Gasteiger partial charge in [-0.1, -0.05) is 54.6 Å². The van der Waals surface area contributed by atoms with E-state index in [2.05, 4.69) is 5.18 Å². The van der Waals surface area contributed by atoms with Crippen molar-refractivity contribution in [3.63, 3.8) is 0 Å². The summed E-state index contributed by atoms with van der Waals surface area (Å²) in [4.78, 5) is 21.0. The fraction of sp³-hybridized carbons (Fsp3) is 0. The zero-order chi connectivity index (χ0) is 13.7. The molecule has 0 amide bonds. The van der Waals surface area contributed by atoms with E-state index in [0.29, 0.717) is 5.56 Å². The van der Waals surface area contributed by atoms with Crippen molar-refractivity contribution in [2.75, 3.05) is 0 Å². The number of nitro groups is 1. The predicted molar refractivity (Wildman–Crippen MR) is 73.9 cm³/mol. The summed E-state index contributed by atoms with van der Waals surface area (Å²) in [7, 11) is 0. The Kier molecular flexibility index (Phi) is 3.78. The molecule has 0 aliphatic heterocycles. The number of hydrogen-bond acceptors (Lipinski definition) is 4. The van der Waals surface area contributed by atoms with Gasteiger partial charge in [-0.05, 0) is 10.7 Å². The SMILES string of the molecule is O=Nc1c(C=Cc2ccccc2)cccc1[N+](=O)[O-]. The maximum atomic E-state index is 10.8. The van der Waals surface area contributed by atoms with Gasteiger partial charge in [0.05, 0.1) is 4.92 Å². The van der Waals surface area contributed by atoms with E-state index >= 15 is 0 Å². The van der Waals surface area contributed by atoms with Crippen LogP contribution in [0.4, 0.5) is 11.4 Å². The van der Waals surface area contributed by atoms with Crippen LogP contribution in [0.15, 0.2) is 53.7 Å². The highest BCUT2D eigenvalue weighted by molar-refractivity contribution is 5.79. The van der Waals surface area contributed by atoms with Crippen LogP contribution in [0.5, 0.6) is 0 Å². The van der Waals surface area contributed by atoms with E-state index in [0.717, 1.165) is 5.56 Å². The number of nitroso groups, excluding NO2 is 1. The highest BCUT2D eigenvalue weighted by atomic mass is 16.6. The molecule has 2 aromatic carbocycles. The van der Waals surface area contributed by atoms with E-state index in [-0.39, 0.29) is 11.4 Å². The van der Waals surface area contributed by atoms with Crippen molar-refractivity contribution in [3.8, 4) is 0 Å². The molecule has 0 N–H and O–H groups in total. The zero-order valence-electron chi connectivity index (χ0n) is 9.89. The van der Waals surface area contributed by atoms with Crippen LogP contribution in [0.2, 0.25) is 0 Å². The fourth-order valence-corrected chi connectivity index (χ4v) is 1.68. The van der Waals surface area contributed by atoms with Crippen LogP contribution in [0, 0.1) is 15.0 Å². The number of hydrogen-bond donors (Lipinski definition) is 0. The molecule has 94 valence electrons. The van der Waals surface area contributed by atoms with Gasteiger partial charge in [0.1, 0.15) is 0 Å². The Morgan fingerprint density at radius 2 is 1.74 bits per heavy atom. The molecule has 0 bridgehead atoms. The summed E-state index contributed by atoms with van der Waals surface area (Å²) < 4.78 is 0. The quantitative estimate of drug-likeness (QED) is 0.356. The van der Waals surface area contributed by atoms with Crippen LogP contribution >= 0.6 is 0 Å². The molecule has 2 rings (SSSR count). The third kappa shape index (κ3) is 2.90. The van der Waals surface area contributed by atoms with E-state index in [4.69, 9.17) is 0 Å². The molecule has 0 aliphatic rings. The number of benzene rings is 2. The number of rotatable bonds is 4. The molecule has 0 aliphatic carbocycles. The summed E-state index contributed by atoms with van der Waals surface area (Å²) in [6.45, 7) is 0. The van der Waals surface area contributed by atoms with Crippen LogP contribution in [0.25, 0.3) is 12.2 Å². The molecule has 0 radical (unpaired) electrons. The van der Waals surface area contributed by atoms with Crippen molar-refractivity contribution in [1.82, 2.24) is 0 Å². The van der Waals surface area contributed by atoms with Crippen LogP contribution in [-0.2, 0) is 0 Å². The van der Waals surface area contributed by atoms with Crippen molar-refractivity contribution in [2.24, 2.45) is 5.18 Å². The Hall–Kier alpha value is -2.82. The molecular formula is C14H10N2O3. The zero-order valence-corrected chi connectivity index (χ0v) is 9.89. The highest BCUT2D eigenvalue weighted by Crippen LogP contribution is 2.32. The first-order chi connectivity index (χ1) is 9.22. The number of nitrogens with zero attached hydrogens (tertiary/aromatic N) is 2. The second-order valence-electron chi connectivity index (χ2n) is 3.81. The molecule has 5 heteroatoms. The smallest absolute Gasteiger partial charge is 0.258 e. The normalized spacial score (nSPS) is 10.5. The Morgan fingerprint density at radius 1 is 1.00 bits per heavy atom. The molecular weight excluding hydrogens is 244 g/mol. The minimum atomic E-state index is -0.614. The standard InChI is InChI=1S/C14H10N2O3/c17-15-14-12(7-4-8-13(14)16(18)19)10-9-11-5-2-1-3-6-11/h1-10H. The van der Waals surface area contributed by atoms with Crippen molar-refractivity contribution in [2.45, 2.75) is 0 Å². The van der Waals surface area contributed by atoms with Crippen LogP contribution < -0.4 is 0 Å². The van der Waals surface area contributed by atoms with E-state index in [1.54, 1.807) is 18.2 Å². The van der Waals surface area contributed by atoms with Gasteiger partial charge >= 0.3 is 0 Å². The van der Waals surface area contributed by atoms with E-state index in [1.807, 2.05) is 30.3 Å². The maximum absolute atomic E-state index is 10.8. The first-order valence-electron chi connectivity index (χ1n) is 5.56. The molecule has 5 nitrogen and oxygen atoms in total. The van der Waals surface area contributed by atoms with E-state index in [1.165, 1.54) is 12.1 Å². The van der Waals surface area contributed by atoms with Gasteiger partial charge in [0, 0.05) is 11.6 Å². The highest BCUT2D eigenvalue weighted by Gasteiger charge is 2.16. The second kappa shape index (κ2) is 5.68. The molecule has 0 fully saturated rings. The Balaban J connectivity index is 2.41. The summed E-state index contributed by atoms with van der Waals surface area (Å²) in [6, 6.07) is 13.8. The molecule has 0 atom stereocenters. The third-order valence-electron chi connectivity index (χ3n) is 2.59. The molecule has 0 heterocycles. The first kappa shape index (κ1) is 12.6. The Morgan fingerprint density at radius 3 is 2.37 bits per heavy atom. The molecule has 19 heavy (non-hydrogen) atoms. The fourth-order valence-electron chi connectivity index (χ4n) is 1.68. The van der Waals surface area contributed by atoms with Crippen molar-refractivity contribution in [1.29, 1.82) is 0 Å². The predicted octanol–water partition coefficient (Wildman–Crippen LogP) is 4.16. The van der Waals surface area contributed by atoms with Gasteiger partial charge in [-0.25, -0.2) is 0 Å². The topological polar surface area (TPSA) is 72.6 Å². The van der Waals surface area contributed by atoms with Crippen molar-refractivity contribution in [3.05, 3.63) is 74.7 Å². The summed E-state index contributed by atoms with van der Waals surface area (Å²) in [5.41, 5.74) is 0.920. The van der Waals surface area contributed by atoms with Crippen LogP contribution in [0.3, 0.4) is 0 Å². The Bertz CT molecular complexity index is 636. The molecule has 0 saturated carbocycles. The van der Waals surface area contributed by atoms with Gasteiger partial charge in [-0.2, -0.15) is 0 Å². The monoisotopic (exact) mass is 254 g/mol. The van der Waals surface area contributed by atoms with Gasteiger partial charge in [0.15, 0.2) is 5.69 Å². The van der Waals surface area contributed by atoms with Gasteiger partial charge in [-0.15, -0.1) is 4.91 Å². The largest absolute Gasteiger partial charge is 0.299 e. The van der Waals surface area contributed by atoms with Crippen LogP contribution in [0.1, 0.15) is 11.1 Å². The second-order valence-corrected chi connectivity index (χ2v) is 3.81. The minimum absolute atomic E-state index is 0.153. The van der Waals surface area contributed by atoms with Crippen LogP contribution in [-0.4, -0.2) is 4.92 Å². The summed E-state index contributed by atoms with van der Waals surface area (Å²) >= 11 is 0. The molecule has 0 unspecified atom stereocenters. The van der Waals surface area contributed by atoms with Gasteiger partial charge < -0.3 is 0 Å². The summed E-state index contributed by atoms with van der Waals surface area (Å²) in [5, 5.41) is 13.6. The van der Waals surface area contributed by atoms with E-state index < -0.39 is 4.92 Å². The van der Waals surface area contributed by atoms with Gasteiger partial charge in [-0.3, -0.25) is 10.1 Å². The average Bonchev–Trinajstić information content (AvgIpc) is 2.45. The van der Waals surface area contributed by atoms with Crippen molar-refractivity contribution < 1.29 is 4.92 Å². The lowest BCUT2D eigenvalue weighted by atomic mass is 10.1. The number of nitro benzene ring substituents is 1. The lowest BCUT2D eigenvalue weighted by Gasteiger charge is -1.99. The lowest BCUT2D eigenvalue weighted by Crippen LogP contribution is -1.89. The molecule has 0 saturated heterocycles. The Labute approximate surface area is 109 Å². The lowest BCUT2D eigenvalue weighted by molar-refractivity contribution is -0.384. The minimum Gasteiger partial charge on any atom is -0.258 e. The summed E-state index contributed by atoms with van der Waals surface area (Å²) in [6.07, 6.45) is 3.41.